The summed E-state index contributed by atoms with van der Waals surface area (Å²) in [5.41, 5.74) is 6.61. The highest BCUT2D eigenvalue weighted by atomic mass is 35.5. The molecule has 3 amide bonds. The van der Waals surface area contributed by atoms with E-state index in [2.05, 4.69) is 10.9 Å². The van der Waals surface area contributed by atoms with Crippen LogP contribution in [-0.2, 0) is 9.59 Å². The molecule has 0 bridgehead atoms. The molecule has 26 heavy (non-hydrogen) atoms. The van der Waals surface area contributed by atoms with Crippen LogP contribution in [-0.4, -0.2) is 23.8 Å². The number of amides is 3. The van der Waals surface area contributed by atoms with Crippen LogP contribution in [0.4, 0.5) is 5.69 Å². The Labute approximate surface area is 160 Å². The number of carbonyl (C=O) groups is 3. The summed E-state index contributed by atoms with van der Waals surface area (Å²) in [6, 6.07) is 10.5. The molecule has 6 nitrogen and oxygen atoms in total. The average molecular weight is 392 g/mol. The molecular weight excluding hydrogens is 377 g/mol. The second-order valence-corrected chi connectivity index (χ2v) is 6.74. The number of benzene rings is 2. The van der Waals surface area contributed by atoms with Crippen LogP contribution < -0.4 is 15.8 Å². The first-order chi connectivity index (χ1) is 12.4. The fourth-order valence-corrected chi connectivity index (χ4v) is 3.14. The Bertz CT molecular complexity index is 901. The number of imide groups is 1. The van der Waals surface area contributed by atoms with Crippen LogP contribution in [0.1, 0.15) is 22.3 Å². The summed E-state index contributed by atoms with van der Waals surface area (Å²) in [5.74, 6) is -1.24. The minimum Gasteiger partial charge on any atom is -0.287 e. The molecule has 3 rings (SSSR count). The van der Waals surface area contributed by atoms with E-state index >= 15 is 0 Å². The summed E-state index contributed by atoms with van der Waals surface area (Å²) in [6.07, 6.45) is -0.0588. The normalized spacial score (nSPS) is 16.9. The third kappa shape index (κ3) is 3.72. The van der Waals surface area contributed by atoms with Crippen LogP contribution in [0.2, 0.25) is 10.0 Å². The monoisotopic (exact) mass is 391 g/mol. The molecule has 0 saturated carbocycles. The van der Waals surface area contributed by atoms with E-state index in [-0.39, 0.29) is 12.3 Å². The first-order valence-electron chi connectivity index (χ1n) is 7.81. The summed E-state index contributed by atoms with van der Waals surface area (Å²) in [7, 11) is 0. The molecule has 0 aliphatic carbocycles. The van der Waals surface area contributed by atoms with Crippen molar-refractivity contribution in [1.82, 2.24) is 10.9 Å². The van der Waals surface area contributed by atoms with Gasteiger partial charge in [0.1, 0.15) is 6.04 Å². The Kier molecular flexibility index (Phi) is 5.27. The van der Waals surface area contributed by atoms with Crippen LogP contribution in [0.25, 0.3) is 0 Å². The Morgan fingerprint density at radius 1 is 1.12 bits per heavy atom. The van der Waals surface area contributed by atoms with Crippen molar-refractivity contribution in [2.24, 2.45) is 0 Å². The van der Waals surface area contributed by atoms with Gasteiger partial charge in [0, 0.05) is 15.6 Å². The van der Waals surface area contributed by atoms with Crippen LogP contribution >= 0.6 is 23.2 Å². The molecule has 8 heteroatoms. The minimum absolute atomic E-state index is 0.0588. The van der Waals surface area contributed by atoms with Crippen molar-refractivity contribution >= 4 is 46.6 Å². The molecule has 1 fully saturated rings. The molecule has 134 valence electrons. The van der Waals surface area contributed by atoms with E-state index in [0.717, 1.165) is 4.90 Å². The lowest BCUT2D eigenvalue weighted by molar-refractivity contribution is -0.121. The quantitative estimate of drug-likeness (QED) is 0.620. The predicted molar refractivity (Wildman–Crippen MR) is 99.1 cm³/mol. The van der Waals surface area contributed by atoms with Gasteiger partial charge < -0.3 is 0 Å². The van der Waals surface area contributed by atoms with E-state index in [4.69, 9.17) is 23.2 Å². The van der Waals surface area contributed by atoms with Gasteiger partial charge in [0.05, 0.1) is 12.1 Å². The zero-order valence-electron chi connectivity index (χ0n) is 13.8. The summed E-state index contributed by atoms with van der Waals surface area (Å²) in [5, 5.41) is 0.947. The molecule has 0 spiro atoms. The van der Waals surface area contributed by atoms with E-state index in [0.29, 0.717) is 26.9 Å². The molecule has 2 N–H and O–H groups in total. The lowest BCUT2D eigenvalue weighted by atomic mass is 10.2. The topological polar surface area (TPSA) is 78.5 Å². The molecule has 2 aromatic carbocycles. The Morgan fingerprint density at radius 3 is 2.54 bits per heavy atom. The number of hydrogen-bond donors (Lipinski definition) is 2. The molecule has 0 aromatic heterocycles. The van der Waals surface area contributed by atoms with Gasteiger partial charge in [-0.15, -0.1) is 0 Å². The molecule has 0 radical (unpaired) electrons. The predicted octanol–water partition coefficient (Wildman–Crippen LogP) is 2.87. The maximum absolute atomic E-state index is 12.6. The number of hydrazine groups is 1. The van der Waals surface area contributed by atoms with Gasteiger partial charge in [0.2, 0.25) is 5.91 Å². The van der Waals surface area contributed by atoms with Crippen molar-refractivity contribution in [2.75, 3.05) is 4.90 Å². The maximum atomic E-state index is 12.6. The second-order valence-electron chi connectivity index (χ2n) is 5.86. The second kappa shape index (κ2) is 7.45. The van der Waals surface area contributed by atoms with Crippen LogP contribution in [0, 0.1) is 6.92 Å². The summed E-state index contributed by atoms with van der Waals surface area (Å²) in [6.45, 7) is 1.77. The fraction of sp³-hybridized carbons (Fsp3) is 0.167. The van der Waals surface area contributed by atoms with Crippen LogP contribution in [0.3, 0.4) is 0 Å². The third-order valence-electron chi connectivity index (χ3n) is 3.99. The molecule has 1 aliphatic heterocycles. The van der Waals surface area contributed by atoms with Gasteiger partial charge in [-0.2, -0.15) is 0 Å². The maximum Gasteiger partial charge on any atom is 0.265 e. The van der Waals surface area contributed by atoms with Gasteiger partial charge in [-0.1, -0.05) is 29.3 Å². The smallest absolute Gasteiger partial charge is 0.265 e. The molecule has 1 saturated heterocycles. The van der Waals surface area contributed by atoms with Crippen molar-refractivity contribution < 1.29 is 14.4 Å². The van der Waals surface area contributed by atoms with Crippen LogP contribution in [0.15, 0.2) is 42.5 Å². The van der Waals surface area contributed by atoms with Gasteiger partial charge in [0.25, 0.3) is 11.8 Å². The molecular formula is C18H15Cl2N3O3. The summed E-state index contributed by atoms with van der Waals surface area (Å²) < 4.78 is 0. The van der Waals surface area contributed by atoms with Gasteiger partial charge in [-0.25, -0.2) is 10.3 Å². The Morgan fingerprint density at radius 2 is 1.85 bits per heavy atom. The van der Waals surface area contributed by atoms with Gasteiger partial charge in [-0.3, -0.25) is 19.8 Å². The number of carbonyl (C=O) groups excluding carboxylic acids is 3. The average Bonchev–Trinajstić information content (AvgIpc) is 2.87. The molecule has 1 atom stereocenters. The number of nitrogens with zero attached hydrogens (tertiary/aromatic N) is 1. The standard InChI is InChI=1S/C18H15Cl2N3O3/c1-10-7-13(20)5-6-15(10)23-16(24)9-14(18(23)26)21-22-17(25)11-3-2-4-12(19)8-11/h2-8,14,21H,9H2,1H3,(H,22,25)/t14-/m0/s1. The van der Waals surface area contributed by atoms with Crippen molar-refractivity contribution in [3.8, 4) is 0 Å². The zero-order chi connectivity index (χ0) is 18.8. The third-order valence-corrected chi connectivity index (χ3v) is 4.46. The number of hydrogen-bond acceptors (Lipinski definition) is 4. The highest BCUT2D eigenvalue weighted by molar-refractivity contribution is 6.31. The highest BCUT2D eigenvalue weighted by Gasteiger charge is 2.40. The van der Waals surface area contributed by atoms with Crippen molar-refractivity contribution in [3.05, 3.63) is 63.6 Å². The largest absolute Gasteiger partial charge is 0.287 e. The van der Waals surface area contributed by atoms with Gasteiger partial charge >= 0.3 is 0 Å². The van der Waals surface area contributed by atoms with Crippen LogP contribution in [0.5, 0.6) is 0 Å². The van der Waals surface area contributed by atoms with Crippen molar-refractivity contribution in [1.29, 1.82) is 0 Å². The Hall–Kier alpha value is -2.41. The highest BCUT2D eigenvalue weighted by Crippen LogP contribution is 2.28. The minimum atomic E-state index is -0.847. The molecule has 2 aromatic rings. The number of rotatable bonds is 4. The first-order valence-corrected chi connectivity index (χ1v) is 8.57. The number of nitrogens with one attached hydrogen (secondary N) is 2. The SMILES string of the molecule is Cc1cc(Cl)ccc1N1C(=O)C[C@H](NNC(=O)c2cccc(Cl)c2)C1=O. The van der Waals surface area contributed by atoms with E-state index in [1.54, 1.807) is 43.3 Å². The van der Waals surface area contributed by atoms with Gasteiger partial charge in [0.15, 0.2) is 0 Å². The summed E-state index contributed by atoms with van der Waals surface area (Å²) in [4.78, 5) is 38.1. The Balaban J connectivity index is 1.70. The van der Waals surface area contributed by atoms with Crippen molar-refractivity contribution in [2.45, 2.75) is 19.4 Å². The van der Waals surface area contributed by atoms with E-state index in [1.807, 2.05) is 0 Å². The molecule has 0 unspecified atom stereocenters. The molecule has 1 heterocycles. The fourth-order valence-electron chi connectivity index (χ4n) is 2.72. The van der Waals surface area contributed by atoms with Gasteiger partial charge in [-0.05, 0) is 48.9 Å². The first kappa shape index (κ1) is 18.4. The molecule has 1 aliphatic rings. The number of anilines is 1. The lowest BCUT2D eigenvalue weighted by Gasteiger charge is -2.18. The summed E-state index contributed by atoms with van der Waals surface area (Å²) >= 11 is 11.8. The van der Waals surface area contributed by atoms with E-state index in [1.165, 1.54) is 6.07 Å². The lowest BCUT2D eigenvalue weighted by Crippen LogP contribution is -2.48. The van der Waals surface area contributed by atoms with E-state index in [9.17, 15) is 14.4 Å². The zero-order valence-corrected chi connectivity index (χ0v) is 15.3. The van der Waals surface area contributed by atoms with E-state index < -0.39 is 17.9 Å². The van der Waals surface area contributed by atoms with Crippen molar-refractivity contribution in [3.63, 3.8) is 0 Å². The number of aryl methyl sites for hydroxylation is 1. The number of halogens is 2.